The molecule has 1 heterocycles. The molecule has 24 heavy (non-hydrogen) atoms. The van der Waals surface area contributed by atoms with Crippen molar-refractivity contribution in [2.24, 2.45) is 5.92 Å². The number of ketones is 1. The average Bonchev–Trinajstić information content (AvgIpc) is 3.06. The molecule has 0 N–H and O–H groups in total. The van der Waals surface area contributed by atoms with Crippen LogP contribution >= 0.6 is 23.2 Å². The zero-order valence-electron chi connectivity index (χ0n) is 13.4. The maximum Gasteiger partial charge on any atom is 0.210 e. The third-order valence-corrected chi connectivity index (χ3v) is 4.72. The van der Waals surface area contributed by atoms with Gasteiger partial charge in [0.15, 0.2) is 0 Å². The molecule has 1 unspecified atom stereocenters. The quantitative estimate of drug-likeness (QED) is 0.400. The molecule has 1 atom stereocenters. The van der Waals surface area contributed by atoms with Crippen LogP contribution in [0.25, 0.3) is 5.70 Å². The van der Waals surface area contributed by atoms with Crippen LogP contribution in [-0.2, 0) is 0 Å². The van der Waals surface area contributed by atoms with Crippen molar-refractivity contribution in [3.63, 3.8) is 0 Å². The highest BCUT2D eigenvalue weighted by molar-refractivity contribution is 6.39. The Morgan fingerprint density at radius 2 is 2.21 bits per heavy atom. The predicted molar refractivity (Wildman–Crippen MR) is 98.4 cm³/mol. The summed E-state index contributed by atoms with van der Waals surface area (Å²) in [4.78, 5) is 17.1. The lowest BCUT2D eigenvalue weighted by Gasteiger charge is -2.18. The fourth-order valence-electron chi connectivity index (χ4n) is 2.98. The SMILES string of the molecule is CC1=CC(C=C(C(=O)c2ccc(Cl)cc2Cl)n2ccnc2)CCC1. The van der Waals surface area contributed by atoms with E-state index in [1.54, 1.807) is 41.5 Å². The Morgan fingerprint density at radius 3 is 2.88 bits per heavy atom. The first-order valence-corrected chi connectivity index (χ1v) is 8.67. The molecule has 0 spiro atoms. The minimum atomic E-state index is -0.133. The molecule has 1 aromatic carbocycles. The van der Waals surface area contributed by atoms with Crippen LogP contribution in [0.15, 0.2) is 54.6 Å². The molecule has 1 aromatic heterocycles. The number of aromatic nitrogens is 2. The summed E-state index contributed by atoms with van der Waals surface area (Å²) in [7, 11) is 0. The van der Waals surface area contributed by atoms with Crippen LogP contribution in [0.4, 0.5) is 0 Å². The van der Waals surface area contributed by atoms with Crippen molar-refractivity contribution >= 4 is 34.7 Å². The number of halogens is 2. The third-order valence-electron chi connectivity index (χ3n) is 4.17. The van der Waals surface area contributed by atoms with Gasteiger partial charge in [0.1, 0.15) is 0 Å². The fraction of sp³-hybridized carbons (Fsp3) is 0.263. The van der Waals surface area contributed by atoms with Gasteiger partial charge in [-0.2, -0.15) is 0 Å². The number of carbonyl (C=O) groups excluding carboxylic acids is 1. The van der Waals surface area contributed by atoms with Crippen LogP contribution in [-0.4, -0.2) is 15.3 Å². The number of imidazole rings is 1. The number of hydrogen-bond acceptors (Lipinski definition) is 2. The molecule has 0 amide bonds. The molecule has 3 nitrogen and oxygen atoms in total. The first-order valence-electron chi connectivity index (χ1n) is 7.92. The van der Waals surface area contributed by atoms with E-state index in [1.807, 2.05) is 6.08 Å². The molecule has 0 bridgehead atoms. The van der Waals surface area contributed by atoms with E-state index in [2.05, 4.69) is 18.0 Å². The molecular weight excluding hydrogens is 343 g/mol. The number of rotatable bonds is 4. The van der Waals surface area contributed by atoms with Gasteiger partial charge in [0.25, 0.3) is 0 Å². The van der Waals surface area contributed by atoms with Crippen molar-refractivity contribution < 1.29 is 4.79 Å². The Morgan fingerprint density at radius 1 is 1.38 bits per heavy atom. The number of carbonyl (C=O) groups is 1. The van der Waals surface area contributed by atoms with Crippen LogP contribution < -0.4 is 0 Å². The van der Waals surface area contributed by atoms with Gasteiger partial charge in [-0.15, -0.1) is 0 Å². The average molecular weight is 361 g/mol. The first-order chi connectivity index (χ1) is 11.5. The number of nitrogens with zero attached hydrogens (tertiary/aromatic N) is 2. The van der Waals surface area contributed by atoms with Crippen LogP contribution in [0, 0.1) is 5.92 Å². The molecule has 1 aliphatic rings. The smallest absolute Gasteiger partial charge is 0.210 e. The Hall–Kier alpha value is -1.84. The molecule has 3 rings (SSSR count). The highest BCUT2D eigenvalue weighted by Gasteiger charge is 2.20. The maximum absolute atomic E-state index is 13.1. The number of benzene rings is 1. The Bertz CT molecular complexity index is 807. The molecule has 1 aliphatic carbocycles. The minimum Gasteiger partial charge on any atom is -0.303 e. The van der Waals surface area contributed by atoms with Crippen molar-refractivity contribution in [1.29, 1.82) is 0 Å². The minimum absolute atomic E-state index is 0.133. The van der Waals surface area contributed by atoms with Gasteiger partial charge in [0, 0.05) is 23.0 Å². The van der Waals surface area contributed by atoms with Crippen molar-refractivity contribution in [3.05, 3.63) is 70.3 Å². The lowest BCUT2D eigenvalue weighted by atomic mass is 9.90. The van der Waals surface area contributed by atoms with Crippen LogP contribution in [0.5, 0.6) is 0 Å². The summed E-state index contributed by atoms with van der Waals surface area (Å²) in [5, 5.41) is 0.865. The van der Waals surface area contributed by atoms with Crippen LogP contribution in [0.2, 0.25) is 10.0 Å². The van der Waals surface area contributed by atoms with Gasteiger partial charge in [-0.1, -0.05) is 34.9 Å². The zero-order chi connectivity index (χ0) is 17.1. The summed E-state index contributed by atoms with van der Waals surface area (Å²) in [6.45, 7) is 2.13. The third kappa shape index (κ3) is 3.80. The van der Waals surface area contributed by atoms with Crippen molar-refractivity contribution in [3.8, 4) is 0 Å². The molecule has 2 aromatic rings. The monoisotopic (exact) mass is 360 g/mol. The summed E-state index contributed by atoms with van der Waals surface area (Å²) < 4.78 is 1.74. The molecule has 124 valence electrons. The van der Waals surface area contributed by atoms with Gasteiger partial charge in [0.05, 0.1) is 17.0 Å². The maximum atomic E-state index is 13.1. The highest BCUT2D eigenvalue weighted by atomic mass is 35.5. The van der Waals surface area contributed by atoms with Crippen molar-refractivity contribution in [1.82, 2.24) is 9.55 Å². The van der Waals surface area contributed by atoms with E-state index in [0.29, 0.717) is 21.3 Å². The van der Waals surface area contributed by atoms with Gasteiger partial charge < -0.3 is 4.57 Å². The summed E-state index contributed by atoms with van der Waals surface area (Å²) in [6.07, 6.45) is 12.6. The second-order valence-electron chi connectivity index (χ2n) is 6.04. The standard InChI is InChI=1S/C19H18Cl2N2O/c1-13-3-2-4-14(9-13)10-18(23-8-7-22-12-23)19(24)16-6-5-15(20)11-17(16)21/h5-12,14H,2-4H2,1H3. The number of allylic oxidation sites excluding steroid dienone is 4. The normalized spacial score (nSPS) is 18.4. The Balaban J connectivity index is 2.02. The van der Waals surface area contributed by atoms with Crippen molar-refractivity contribution in [2.45, 2.75) is 26.2 Å². The Labute approximate surface area is 151 Å². The topological polar surface area (TPSA) is 34.9 Å². The molecule has 0 fully saturated rings. The van der Waals surface area contributed by atoms with Crippen LogP contribution in [0.3, 0.4) is 0 Å². The summed E-state index contributed by atoms with van der Waals surface area (Å²) in [5.41, 5.74) is 2.37. The van der Waals surface area contributed by atoms with E-state index in [4.69, 9.17) is 23.2 Å². The molecule has 0 saturated heterocycles. The van der Waals surface area contributed by atoms with Crippen LogP contribution in [0.1, 0.15) is 36.5 Å². The first kappa shape index (κ1) is 17.0. The van der Waals surface area contributed by atoms with E-state index in [9.17, 15) is 4.79 Å². The summed E-state index contributed by atoms with van der Waals surface area (Å²) in [6, 6.07) is 4.93. The van der Waals surface area contributed by atoms with Gasteiger partial charge in [-0.3, -0.25) is 4.79 Å². The molecule has 0 saturated carbocycles. The molecule has 0 radical (unpaired) electrons. The zero-order valence-corrected chi connectivity index (χ0v) is 14.9. The van der Waals surface area contributed by atoms with E-state index in [1.165, 1.54) is 5.57 Å². The van der Waals surface area contributed by atoms with Crippen molar-refractivity contribution in [2.75, 3.05) is 0 Å². The summed E-state index contributed by atoms with van der Waals surface area (Å²) in [5.74, 6) is 0.109. The van der Waals surface area contributed by atoms with Gasteiger partial charge in [0.2, 0.25) is 5.78 Å². The molecule has 0 aliphatic heterocycles. The van der Waals surface area contributed by atoms with E-state index in [-0.39, 0.29) is 11.7 Å². The van der Waals surface area contributed by atoms with Gasteiger partial charge >= 0.3 is 0 Å². The largest absolute Gasteiger partial charge is 0.303 e. The lowest BCUT2D eigenvalue weighted by Crippen LogP contribution is -2.12. The summed E-state index contributed by atoms with van der Waals surface area (Å²) >= 11 is 12.2. The van der Waals surface area contributed by atoms with E-state index >= 15 is 0 Å². The van der Waals surface area contributed by atoms with Gasteiger partial charge in [-0.25, -0.2) is 4.98 Å². The van der Waals surface area contributed by atoms with Gasteiger partial charge in [-0.05, 0) is 56.4 Å². The second-order valence-corrected chi connectivity index (χ2v) is 6.89. The highest BCUT2D eigenvalue weighted by Crippen LogP contribution is 2.28. The number of Topliss-reactive ketones (excluding diaryl/α,β-unsaturated/α-hetero) is 1. The fourth-order valence-corrected chi connectivity index (χ4v) is 3.47. The lowest BCUT2D eigenvalue weighted by molar-refractivity contribution is 0.105. The second kappa shape index (κ2) is 7.37. The van der Waals surface area contributed by atoms with E-state index < -0.39 is 0 Å². The molecule has 5 heteroatoms. The number of hydrogen-bond donors (Lipinski definition) is 0. The van der Waals surface area contributed by atoms with E-state index in [0.717, 1.165) is 19.3 Å². The Kier molecular flexibility index (Phi) is 5.22. The predicted octanol–water partition coefficient (Wildman–Crippen LogP) is 5.66. The molecular formula is C19H18Cl2N2O.